The molecule has 0 spiro atoms. The van der Waals surface area contributed by atoms with E-state index >= 15 is 0 Å². The average Bonchev–Trinajstić information content (AvgIpc) is 3.18. The predicted octanol–water partition coefficient (Wildman–Crippen LogP) is 1.95. The van der Waals surface area contributed by atoms with Gasteiger partial charge in [-0.3, -0.25) is 24.2 Å². The van der Waals surface area contributed by atoms with Gasteiger partial charge in [0.05, 0.1) is 10.9 Å². The molecule has 3 aromatic rings. The van der Waals surface area contributed by atoms with E-state index in [0.29, 0.717) is 30.0 Å². The standard InChI is InChI=1S/C19H19N5O3/c1-11-9-14(16-17(20-11)23(2)22-19(16)27)18(26)21-12-5-3-6-13(10-12)24-8-4-7-15(24)25/h3,5-6,9-10H,4,7-8H2,1-2H3,(H,21,26)(H,22,27). The minimum Gasteiger partial charge on any atom is -0.322 e. The summed E-state index contributed by atoms with van der Waals surface area (Å²) in [5.74, 6) is -0.312. The first-order valence-electron chi connectivity index (χ1n) is 8.72. The smallest absolute Gasteiger partial charge is 0.274 e. The first-order valence-corrected chi connectivity index (χ1v) is 8.72. The number of anilines is 2. The third-order valence-corrected chi connectivity index (χ3v) is 4.68. The molecule has 1 aliphatic rings. The van der Waals surface area contributed by atoms with Crippen LogP contribution in [0.25, 0.3) is 11.0 Å². The van der Waals surface area contributed by atoms with Crippen molar-refractivity contribution in [3.05, 3.63) is 51.9 Å². The van der Waals surface area contributed by atoms with Gasteiger partial charge in [-0.2, -0.15) is 0 Å². The van der Waals surface area contributed by atoms with E-state index in [0.717, 1.165) is 12.1 Å². The molecule has 1 aromatic carbocycles. The second kappa shape index (κ2) is 6.39. The number of carbonyl (C=O) groups excluding carboxylic acids is 2. The number of rotatable bonds is 3. The highest BCUT2D eigenvalue weighted by Crippen LogP contribution is 2.25. The Balaban J connectivity index is 1.68. The molecule has 2 amide bonds. The molecular weight excluding hydrogens is 346 g/mol. The number of nitrogens with one attached hydrogen (secondary N) is 2. The SMILES string of the molecule is Cc1cc(C(=O)Nc2cccc(N3CCCC3=O)c2)c2c(=O)[nH]n(C)c2n1. The van der Waals surface area contributed by atoms with Gasteiger partial charge in [-0.25, -0.2) is 4.98 Å². The number of hydrogen-bond donors (Lipinski definition) is 2. The van der Waals surface area contributed by atoms with Gasteiger partial charge in [-0.05, 0) is 37.6 Å². The van der Waals surface area contributed by atoms with E-state index in [9.17, 15) is 14.4 Å². The Hall–Kier alpha value is -3.42. The van der Waals surface area contributed by atoms with E-state index in [1.165, 1.54) is 4.68 Å². The lowest BCUT2D eigenvalue weighted by molar-refractivity contribution is -0.117. The molecule has 0 unspecified atom stereocenters. The highest BCUT2D eigenvalue weighted by molar-refractivity contribution is 6.12. The topological polar surface area (TPSA) is 100 Å². The fraction of sp³-hybridized carbons (Fsp3) is 0.263. The van der Waals surface area contributed by atoms with Gasteiger partial charge >= 0.3 is 0 Å². The summed E-state index contributed by atoms with van der Waals surface area (Å²) in [5, 5.41) is 5.71. The van der Waals surface area contributed by atoms with Crippen molar-refractivity contribution in [1.82, 2.24) is 14.8 Å². The lowest BCUT2D eigenvalue weighted by Gasteiger charge is -2.17. The zero-order chi connectivity index (χ0) is 19.1. The monoisotopic (exact) mass is 365 g/mol. The molecule has 1 aliphatic heterocycles. The molecule has 0 atom stereocenters. The normalized spacial score (nSPS) is 14.1. The van der Waals surface area contributed by atoms with E-state index in [1.54, 1.807) is 43.1 Å². The molecule has 0 bridgehead atoms. The van der Waals surface area contributed by atoms with Gasteiger partial charge < -0.3 is 10.2 Å². The molecule has 138 valence electrons. The van der Waals surface area contributed by atoms with Crippen molar-refractivity contribution in [2.75, 3.05) is 16.8 Å². The number of aromatic nitrogens is 3. The largest absolute Gasteiger partial charge is 0.322 e. The quantitative estimate of drug-likeness (QED) is 0.741. The number of carbonyl (C=O) groups is 2. The fourth-order valence-corrected chi connectivity index (χ4v) is 3.43. The molecule has 1 fully saturated rings. The number of aromatic amines is 1. The number of nitrogens with zero attached hydrogens (tertiary/aromatic N) is 3. The number of pyridine rings is 1. The Morgan fingerprint density at radius 2 is 2.07 bits per heavy atom. The van der Waals surface area contributed by atoms with Crippen molar-refractivity contribution in [3.8, 4) is 0 Å². The second-order valence-corrected chi connectivity index (χ2v) is 6.66. The molecule has 2 N–H and O–H groups in total. The number of amides is 2. The van der Waals surface area contributed by atoms with Crippen LogP contribution in [0.1, 0.15) is 28.9 Å². The molecule has 0 aliphatic carbocycles. The number of hydrogen-bond acceptors (Lipinski definition) is 4. The Morgan fingerprint density at radius 3 is 2.81 bits per heavy atom. The molecule has 0 radical (unpaired) electrons. The van der Waals surface area contributed by atoms with Crippen LogP contribution in [-0.2, 0) is 11.8 Å². The second-order valence-electron chi connectivity index (χ2n) is 6.66. The maximum absolute atomic E-state index is 12.9. The minimum absolute atomic E-state index is 0.0840. The first kappa shape index (κ1) is 17.0. The van der Waals surface area contributed by atoms with E-state index < -0.39 is 5.91 Å². The van der Waals surface area contributed by atoms with Gasteiger partial charge in [0.1, 0.15) is 0 Å². The van der Waals surface area contributed by atoms with Crippen LogP contribution in [0.2, 0.25) is 0 Å². The molecule has 0 saturated carbocycles. The Kier molecular flexibility index (Phi) is 4.02. The summed E-state index contributed by atoms with van der Waals surface area (Å²) in [4.78, 5) is 43.1. The third-order valence-electron chi connectivity index (χ3n) is 4.68. The zero-order valence-corrected chi connectivity index (χ0v) is 15.1. The Bertz CT molecular complexity index is 1130. The lowest BCUT2D eigenvalue weighted by Crippen LogP contribution is -2.23. The highest BCUT2D eigenvalue weighted by Gasteiger charge is 2.22. The summed E-state index contributed by atoms with van der Waals surface area (Å²) < 4.78 is 1.50. The first-order chi connectivity index (χ1) is 12.9. The fourth-order valence-electron chi connectivity index (χ4n) is 3.43. The van der Waals surface area contributed by atoms with Crippen LogP contribution in [0.4, 0.5) is 11.4 Å². The van der Waals surface area contributed by atoms with E-state index in [-0.39, 0.29) is 22.4 Å². The molecule has 27 heavy (non-hydrogen) atoms. The van der Waals surface area contributed by atoms with Crippen LogP contribution < -0.4 is 15.8 Å². The molecule has 8 heteroatoms. The summed E-state index contributed by atoms with van der Waals surface area (Å²) in [6, 6.07) is 8.75. The van der Waals surface area contributed by atoms with Gasteiger partial charge in [-0.1, -0.05) is 6.07 Å². The number of aryl methyl sites for hydroxylation is 2. The number of fused-ring (bicyclic) bond motifs is 1. The van der Waals surface area contributed by atoms with Gasteiger partial charge in [-0.15, -0.1) is 0 Å². The Morgan fingerprint density at radius 1 is 1.26 bits per heavy atom. The van der Waals surface area contributed by atoms with Crippen LogP contribution >= 0.6 is 0 Å². The minimum atomic E-state index is -0.396. The molecule has 4 rings (SSSR count). The summed E-state index contributed by atoms with van der Waals surface area (Å²) in [6.45, 7) is 2.45. The third kappa shape index (κ3) is 2.99. The van der Waals surface area contributed by atoms with Crippen LogP contribution in [0.15, 0.2) is 35.1 Å². The van der Waals surface area contributed by atoms with Gasteiger partial charge in [0.15, 0.2) is 5.65 Å². The van der Waals surface area contributed by atoms with E-state index in [4.69, 9.17) is 0 Å². The molecule has 3 heterocycles. The van der Waals surface area contributed by atoms with Crippen molar-refractivity contribution >= 4 is 34.2 Å². The summed E-state index contributed by atoms with van der Waals surface area (Å²) in [5.41, 5.74) is 2.29. The van der Waals surface area contributed by atoms with Crippen LogP contribution in [0.3, 0.4) is 0 Å². The Labute approximate surface area is 154 Å². The highest BCUT2D eigenvalue weighted by atomic mass is 16.2. The van der Waals surface area contributed by atoms with Gasteiger partial charge in [0, 0.05) is 37.1 Å². The predicted molar refractivity (Wildman–Crippen MR) is 102 cm³/mol. The number of benzene rings is 1. The summed E-state index contributed by atoms with van der Waals surface area (Å²) in [7, 11) is 1.67. The van der Waals surface area contributed by atoms with Gasteiger partial charge in [0.2, 0.25) is 5.91 Å². The summed E-state index contributed by atoms with van der Waals surface area (Å²) >= 11 is 0. The van der Waals surface area contributed by atoms with Crippen molar-refractivity contribution in [2.45, 2.75) is 19.8 Å². The molecular formula is C19H19N5O3. The van der Waals surface area contributed by atoms with Crippen molar-refractivity contribution in [3.63, 3.8) is 0 Å². The van der Waals surface area contributed by atoms with Crippen molar-refractivity contribution in [1.29, 1.82) is 0 Å². The summed E-state index contributed by atoms with van der Waals surface area (Å²) in [6.07, 6.45) is 1.38. The van der Waals surface area contributed by atoms with E-state index in [1.807, 2.05) is 6.07 Å². The average molecular weight is 365 g/mol. The van der Waals surface area contributed by atoms with Crippen LogP contribution in [-0.4, -0.2) is 33.1 Å². The van der Waals surface area contributed by atoms with E-state index in [2.05, 4.69) is 15.4 Å². The van der Waals surface area contributed by atoms with Gasteiger partial charge in [0.25, 0.3) is 11.5 Å². The molecule has 2 aromatic heterocycles. The lowest BCUT2D eigenvalue weighted by atomic mass is 10.1. The molecule has 1 saturated heterocycles. The number of H-pyrrole nitrogens is 1. The maximum Gasteiger partial charge on any atom is 0.274 e. The van der Waals surface area contributed by atoms with Crippen molar-refractivity contribution < 1.29 is 9.59 Å². The van der Waals surface area contributed by atoms with Crippen LogP contribution in [0.5, 0.6) is 0 Å². The molecule has 8 nitrogen and oxygen atoms in total. The maximum atomic E-state index is 12.9. The zero-order valence-electron chi connectivity index (χ0n) is 15.1. The van der Waals surface area contributed by atoms with Crippen molar-refractivity contribution in [2.24, 2.45) is 7.05 Å². The van der Waals surface area contributed by atoms with Crippen LogP contribution in [0, 0.1) is 6.92 Å².